The molecule has 1 aromatic carbocycles. The summed E-state index contributed by atoms with van der Waals surface area (Å²) < 4.78 is 31.5. The number of allylic oxidation sites excluding steroid dienone is 2. The maximum Gasteiger partial charge on any atom is 0.246 e. The van der Waals surface area contributed by atoms with Crippen LogP contribution in [-0.2, 0) is 14.8 Å². The highest BCUT2D eigenvalue weighted by Crippen LogP contribution is 2.29. The lowest BCUT2D eigenvalue weighted by Crippen LogP contribution is -2.23. The summed E-state index contributed by atoms with van der Waals surface area (Å²) in [7, 11) is -0.742. The Morgan fingerprint density at radius 1 is 1.38 bits per heavy atom. The van der Waals surface area contributed by atoms with Crippen LogP contribution in [0.1, 0.15) is 26.2 Å². The van der Waals surface area contributed by atoms with Gasteiger partial charge in [0.2, 0.25) is 15.9 Å². The lowest BCUT2D eigenvalue weighted by molar-refractivity contribution is -0.116. The molecule has 1 aliphatic carbocycles. The zero-order valence-corrected chi connectivity index (χ0v) is 15.1. The molecule has 1 aliphatic rings. The first-order chi connectivity index (χ1) is 11.3. The summed E-state index contributed by atoms with van der Waals surface area (Å²) in [5.41, 5.74) is 0.450. The van der Waals surface area contributed by atoms with Crippen molar-refractivity contribution in [1.29, 1.82) is 0 Å². The van der Waals surface area contributed by atoms with Crippen molar-refractivity contribution in [3.05, 3.63) is 30.4 Å². The third kappa shape index (κ3) is 4.36. The summed E-state index contributed by atoms with van der Waals surface area (Å²) in [6, 6.07) is 4.68. The molecule has 0 saturated carbocycles. The molecule has 24 heavy (non-hydrogen) atoms. The zero-order valence-electron chi connectivity index (χ0n) is 14.3. The Bertz CT molecular complexity index is 726. The SMILES string of the molecule is CCOc1ccc(NC(=O)CC2C=CCC2)cc1S(=O)(=O)N(C)C. The molecule has 0 saturated heterocycles. The Morgan fingerprint density at radius 2 is 2.12 bits per heavy atom. The summed E-state index contributed by atoms with van der Waals surface area (Å²) in [5, 5.41) is 2.78. The van der Waals surface area contributed by atoms with E-state index in [0.29, 0.717) is 18.7 Å². The number of nitrogens with one attached hydrogen (secondary N) is 1. The average Bonchev–Trinajstić information content (AvgIpc) is 3.01. The van der Waals surface area contributed by atoms with Crippen molar-refractivity contribution in [1.82, 2.24) is 4.31 Å². The van der Waals surface area contributed by atoms with Crippen molar-refractivity contribution in [2.45, 2.75) is 31.1 Å². The second-order valence-electron chi connectivity index (χ2n) is 5.90. The molecular weight excluding hydrogens is 328 g/mol. The molecule has 0 aromatic heterocycles. The van der Waals surface area contributed by atoms with Crippen molar-refractivity contribution < 1.29 is 17.9 Å². The molecular formula is C17H24N2O4S. The summed E-state index contributed by atoms with van der Waals surface area (Å²) >= 11 is 0. The van der Waals surface area contributed by atoms with Crippen LogP contribution >= 0.6 is 0 Å². The summed E-state index contributed by atoms with van der Waals surface area (Å²) in [5.74, 6) is 0.421. The number of benzene rings is 1. The van der Waals surface area contributed by atoms with Crippen LogP contribution in [0.15, 0.2) is 35.2 Å². The zero-order chi connectivity index (χ0) is 17.7. The molecule has 0 bridgehead atoms. The third-order valence-electron chi connectivity index (χ3n) is 3.85. The smallest absolute Gasteiger partial charge is 0.246 e. The largest absolute Gasteiger partial charge is 0.492 e. The van der Waals surface area contributed by atoms with Gasteiger partial charge in [0.15, 0.2) is 0 Å². The Labute approximate surface area is 143 Å². The molecule has 0 radical (unpaired) electrons. The van der Waals surface area contributed by atoms with Gasteiger partial charge >= 0.3 is 0 Å². The number of sulfonamides is 1. The number of nitrogens with zero attached hydrogens (tertiary/aromatic N) is 1. The van der Waals surface area contributed by atoms with Crippen molar-refractivity contribution in [2.75, 3.05) is 26.0 Å². The van der Waals surface area contributed by atoms with Crippen LogP contribution in [-0.4, -0.2) is 39.3 Å². The Hall–Kier alpha value is -1.86. The quantitative estimate of drug-likeness (QED) is 0.766. The predicted octanol–water partition coefficient (Wildman–Crippen LogP) is 2.63. The maximum atomic E-state index is 12.5. The van der Waals surface area contributed by atoms with Crippen LogP contribution in [0.5, 0.6) is 5.75 Å². The fraction of sp³-hybridized carbons (Fsp3) is 0.471. The average molecular weight is 352 g/mol. The fourth-order valence-corrected chi connectivity index (χ4v) is 3.62. The molecule has 132 valence electrons. The molecule has 0 spiro atoms. The topological polar surface area (TPSA) is 75.7 Å². The number of anilines is 1. The first-order valence-corrected chi connectivity index (χ1v) is 9.44. The number of hydrogen-bond donors (Lipinski definition) is 1. The second-order valence-corrected chi connectivity index (χ2v) is 8.02. The lowest BCUT2D eigenvalue weighted by atomic mass is 10.1. The Morgan fingerprint density at radius 3 is 2.71 bits per heavy atom. The number of rotatable bonds is 7. The van der Waals surface area contributed by atoms with E-state index < -0.39 is 10.0 Å². The van der Waals surface area contributed by atoms with Gasteiger partial charge in [-0.05, 0) is 43.9 Å². The molecule has 0 aliphatic heterocycles. The van der Waals surface area contributed by atoms with Gasteiger partial charge in [-0.25, -0.2) is 12.7 Å². The third-order valence-corrected chi connectivity index (χ3v) is 5.68. The van der Waals surface area contributed by atoms with Gasteiger partial charge in [-0.3, -0.25) is 4.79 Å². The van der Waals surface area contributed by atoms with E-state index in [9.17, 15) is 13.2 Å². The molecule has 1 amide bonds. The summed E-state index contributed by atoms with van der Waals surface area (Å²) in [4.78, 5) is 12.2. The van der Waals surface area contributed by atoms with E-state index in [0.717, 1.165) is 17.1 Å². The fourth-order valence-electron chi connectivity index (χ4n) is 2.57. The van der Waals surface area contributed by atoms with E-state index >= 15 is 0 Å². The van der Waals surface area contributed by atoms with Gasteiger partial charge in [-0.1, -0.05) is 12.2 Å². The molecule has 1 atom stereocenters. The first-order valence-electron chi connectivity index (χ1n) is 8.00. The summed E-state index contributed by atoms with van der Waals surface area (Å²) in [6.45, 7) is 2.15. The minimum Gasteiger partial charge on any atom is -0.492 e. The molecule has 1 N–H and O–H groups in total. The lowest BCUT2D eigenvalue weighted by Gasteiger charge is -2.17. The number of amides is 1. The second kappa shape index (κ2) is 7.81. The molecule has 2 rings (SSSR count). The minimum absolute atomic E-state index is 0.0490. The van der Waals surface area contributed by atoms with Gasteiger partial charge in [-0.2, -0.15) is 0 Å². The highest BCUT2D eigenvalue weighted by Gasteiger charge is 2.23. The van der Waals surface area contributed by atoms with E-state index in [2.05, 4.69) is 17.5 Å². The van der Waals surface area contributed by atoms with Gasteiger partial charge in [0.05, 0.1) is 6.61 Å². The van der Waals surface area contributed by atoms with Gasteiger partial charge in [-0.15, -0.1) is 0 Å². The molecule has 6 nitrogen and oxygen atoms in total. The van der Waals surface area contributed by atoms with Crippen molar-refractivity contribution in [2.24, 2.45) is 5.92 Å². The Kier molecular flexibility index (Phi) is 6.01. The molecule has 1 aromatic rings. The predicted molar refractivity (Wildman–Crippen MR) is 93.6 cm³/mol. The number of carbonyl (C=O) groups is 1. The van der Waals surface area contributed by atoms with Crippen molar-refractivity contribution in [3.8, 4) is 5.75 Å². The van der Waals surface area contributed by atoms with E-state index in [1.807, 2.05) is 0 Å². The van der Waals surface area contributed by atoms with E-state index in [1.54, 1.807) is 19.1 Å². The van der Waals surface area contributed by atoms with Gasteiger partial charge in [0.25, 0.3) is 0 Å². The van der Waals surface area contributed by atoms with Crippen molar-refractivity contribution in [3.63, 3.8) is 0 Å². The number of carbonyl (C=O) groups excluding carboxylic acids is 1. The molecule has 0 heterocycles. The molecule has 1 unspecified atom stereocenters. The Balaban J connectivity index is 2.22. The van der Waals surface area contributed by atoms with Crippen LogP contribution in [0.2, 0.25) is 0 Å². The summed E-state index contributed by atoms with van der Waals surface area (Å²) in [6.07, 6.45) is 6.53. The van der Waals surface area contributed by atoms with Crippen LogP contribution in [0.25, 0.3) is 0 Å². The van der Waals surface area contributed by atoms with Gasteiger partial charge in [0, 0.05) is 26.2 Å². The van der Waals surface area contributed by atoms with Crippen LogP contribution in [0.3, 0.4) is 0 Å². The van der Waals surface area contributed by atoms with Crippen LogP contribution in [0, 0.1) is 5.92 Å². The number of ether oxygens (including phenoxy) is 1. The van der Waals surface area contributed by atoms with E-state index in [-0.39, 0.29) is 22.5 Å². The first kappa shape index (κ1) is 18.5. The van der Waals surface area contributed by atoms with Crippen LogP contribution < -0.4 is 10.1 Å². The van der Waals surface area contributed by atoms with Crippen molar-refractivity contribution >= 4 is 21.6 Å². The minimum atomic E-state index is -3.66. The molecule has 7 heteroatoms. The van der Waals surface area contributed by atoms with Gasteiger partial charge < -0.3 is 10.1 Å². The normalized spacial score (nSPS) is 17.2. The van der Waals surface area contributed by atoms with E-state index in [4.69, 9.17) is 4.74 Å². The monoisotopic (exact) mass is 352 g/mol. The van der Waals surface area contributed by atoms with Gasteiger partial charge in [0.1, 0.15) is 10.6 Å². The standard InChI is InChI=1S/C17H24N2O4S/c1-4-23-15-10-9-14(12-16(15)24(21,22)19(2)3)18-17(20)11-13-7-5-6-8-13/h5,7,9-10,12-13H,4,6,8,11H2,1-3H3,(H,18,20). The van der Waals surface area contributed by atoms with Crippen LogP contribution in [0.4, 0.5) is 5.69 Å². The van der Waals surface area contributed by atoms with E-state index in [1.165, 1.54) is 20.2 Å². The maximum absolute atomic E-state index is 12.5. The highest BCUT2D eigenvalue weighted by atomic mass is 32.2. The molecule has 0 fully saturated rings. The number of hydrogen-bond acceptors (Lipinski definition) is 4. The highest BCUT2D eigenvalue weighted by molar-refractivity contribution is 7.89.